The summed E-state index contributed by atoms with van der Waals surface area (Å²) in [7, 11) is 0. The van der Waals surface area contributed by atoms with Crippen LogP contribution in [0.1, 0.15) is 25.0 Å². The van der Waals surface area contributed by atoms with Gasteiger partial charge in [0.05, 0.1) is 12.4 Å². The molecule has 1 aromatic heterocycles. The quantitative estimate of drug-likeness (QED) is 0.748. The normalized spacial score (nSPS) is 25.6. The predicted octanol–water partition coefficient (Wildman–Crippen LogP) is 2.04. The van der Waals surface area contributed by atoms with Gasteiger partial charge in [-0.1, -0.05) is 12.5 Å². The Hall–Kier alpha value is -1.06. The molecule has 2 rings (SSSR count). The van der Waals surface area contributed by atoms with Gasteiger partial charge in [-0.2, -0.15) is 0 Å². The molecule has 0 saturated heterocycles. The van der Waals surface area contributed by atoms with E-state index in [0.29, 0.717) is 5.92 Å². The molecule has 0 amide bonds. The molecule has 1 fully saturated rings. The lowest BCUT2D eigenvalue weighted by molar-refractivity contribution is 0.132. The Morgan fingerprint density at radius 3 is 3.12 bits per heavy atom. The summed E-state index contributed by atoms with van der Waals surface area (Å²) >= 11 is 0. The van der Waals surface area contributed by atoms with Crippen molar-refractivity contribution in [1.29, 1.82) is 0 Å². The van der Waals surface area contributed by atoms with Crippen molar-refractivity contribution >= 4 is 6.08 Å². The van der Waals surface area contributed by atoms with Gasteiger partial charge in [-0.15, -0.1) is 0 Å². The zero-order valence-corrected chi connectivity index (χ0v) is 9.43. The van der Waals surface area contributed by atoms with Gasteiger partial charge in [0.25, 0.3) is 0 Å². The Balaban J connectivity index is 1.61. The van der Waals surface area contributed by atoms with Crippen molar-refractivity contribution < 1.29 is 9.52 Å². The van der Waals surface area contributed by atoms with Gasteiger partial charge in [0.15, 0.2) is 0 Å². The van der Waals surface area contributed by atoms with Crippen molar-refractivity contribution in [1.82, 2.24) is 5.32 Å². The van der Waals surface area contributed by atoms with E-state index in [2.05, 4.69) is 5.32 Å². The summed E-state index contributed by atoms with van der Waals surface area (Å²) in [5.41, 5.74) is 0. The van der Waals surface area contributed by atoms with E-state index in [-0.39, 0.29) is 6.10 Å². The van der Waals surface area contributed by atoms with Gasteiger partial charge in [-0.25, -0.2) is 0 Å². The van der Waals surface area contributed by atoms with Crippen LogP contribution in [0.4, 0.5) is 0 Å². The number of rotatable bonds is 5. The SMILES string of the molecule is OC1CCCC1CNC/C=C/c1ccco1. The third kappa shape index (κ3) is 3.22. The molecule has 1 saturated carbocycles. The number of aliphatic hydroxyl groups excluding tert-OH is 1. The molecular weight excluding hydrogens is 202 g/mol. The highest BCUT2D eigenvalue weighted by Gasteiger charge is 2.24. The molecule has 0 bridgehead atoms. The van der Waals surface area contributed by atoms with Gasteiger partial charge >= 0.3 is 0 Å². The highest BCUT2D eigenvalue weighted by molar-refractivity contribution is 5.42. The van der Waals surface area contributed by atoms with Gasteiger partial charge in [-0.05, 0) is 37.0 Å². The lowest BCUT2D eigenvalue weighted by Crippen LogP contribution is -2.27. The van der Waals surface area contributed by atoms with Crippen LogP contribution in [0.5, 0.6) is 0 Å². The molecule has 1 heterocycles. The number of hydrogen-bond donors (Lipinski definition) is 2. The minimum atomic E-state index is -0.0958. The molecule has 0 aromatic carbocycles. The molecule has 3 nitrogen and oxygen atoms in total. The van der Waals surface area contributed by atoms with Crippen molar-refractivity contribution in [2.75, 3.05) is 13.1 Å². The number of aliphatic hydroxyl groups is 1. The van der Waals surface area contributed by atoms with Crippen LogP contribution < -0.4 is 5.32 Å². The zero-order chi connectivity index (χ0) is 11.2. The maximum atomic E-state index is 9.62. The van der Waals surface area contributed by atoms with Crippen LogP contribution in [0.3, 0.4) is 0 Å². The van der Waals surface area contributed by atoms with Crippen LogP contribution in [0.2, 0.25) is 0 Å². The van der Waals surface area contributed by atoms with E-state index in [1.54, 1.807) is 6.26 Å². The van der Waals surface area contributed by atoms with Crippen molar-refractivity contribution in [3.05, 3.63) is 30.2 Å². The summed E-state index contributed by atoms with van der Waals surface area (Å²) in [6, 6.07) is 3.80. The fraction of sp³-hybridized carbons (Fsp3) is 0.538. The molecule has 2 N–H and O–H groups in total. The third-order valence-electron chi connectivity index (χ3n) is 3.11. The summed E-state index contributed by atoms with van der Waals surface area (Å²) in [5, 5.41) is 13.0. The van der Waals surface area contributed by atoms with Crippen LogP contribution >= 0.6 is 0 Å². The Morgan fingerprint density at radius 2 is 2.44 bits per heavy atom. The molecule has 2 atom stereocenters. The average Bonchev–Trinajstić information content (AvgIpc) is 2.90. The lowest BCUT2D eigenvalue weighted by Gasteiger charge is -2.13. The van der Waals surface area contributed by atoms with E-state index >= 15 is 0 Å². The van der Waals surface area contributed by atoms with Crippen LogP contribution in [0, 0.1) is 5.92 Å². The first kappa shape index (κ1) is 11.4. The summed E-state index contributed by atoms with van der Waals surface area (Å²) < 4.78 is 5.18. The van der Waals surface area contributed by atoms with Crippen LogP contribution in [-0.4, -0.2) is 24.3 Å². The van der Waals surface area contributed by atoms with E-state index < -0.39 is 0 Å². The largest absolute Gasteiger partial charge is 0.465 e. The van der Waals surface area contributed by atoms with E-state index in [9.17, 15) is 5.11 Å². The van der Waals surface area contributed by atoms with E-state index in [4.69, 9.17) is 4.42 Å². The van der Waals surface area contributed by atoms with Crippen molar-refractivity contribution in [3.63, 3.8) is 0 Å². The monoisotopic (exact) mass is 221 g/mol. The number of furan rings is 1. The zero-order valence-electron chi connectivity index (χ0n) is 9.43. The highest BCUT2D eigenvalue weighted by atomic mass is 16.3. The third-order valence-corrected chi connectivity index (χ3v) is 3.11. The molecule has 0 spiro atoms. The summed E-state index contributed by atoms with van der Waals surface area (Å²) in [4.78, 5) is 0. The Labute approximate surface area is 96.2 Å². The summed E-state index contributed by atoms with van der Waals surface area (Å²) in [6.07, 6.45) is 8.85. The summed E-state index contributed by atoms with van der Waals surface area (Å²) in [6.45, 7) is 1.73. The maximum absolute atomic E-state index is 9.62. The van der Waals surface area contributed by atoms with Gasteiger partial charge in [0.2, 0.25) is 0 Å². The highest BCUT2D eigenvalue weighted by Crippen LogP contribution is 2.24. The molecule has 1 aliphatic carbocycles. The topological polar surface area (TPSA) is 45.4 Å². The fourth-order valence-corrected chi connectivity index (χ4v) is 2.17. The van der Waals surface area contributed by atoms with E-state index in [1.807, 2.05) is 24.3 Å². The fourth-order valence-electron chi connectivity index (χ4n) is 2.17. The minimum absolute atomic E-state index is 0.0958. The van der Waals surface area contributed by atoms with E-state index in [1.165, 1.54) is 0 Å². The van der Waals surface area contributed by atoms with Crippen molar-refractivity contribution in [3.8, 4) is 0 Å². The lowest BCUT2D eigenvalue weighted by atomic mass is 10.1. The van der Waals surface area contributed by atoms with Gasteiger partial charge < -0.3 is 14.8 Å². The van der Waals surface area contributed by atoms with Gasteiger partial charge in [0.1, 0.15) is 5.76 Å². The smallest absolute Gasteiger partial charge is 0.126 e. The Morgan fingerprint density at radius 1 is 1.50 bits per heavy atom. The van der Waals surface area contributed by atoms with Crippen molar-refractivity contribution in [2.45, 2.75) is 25.4 Å². The molecular formula is C13H19NO2. The second-order valence-corrected chi connectivity index (χ2v) is 4.33. The standard InChI is InChI=1S/C13H19NO2/c15-13-7-1-4-11(13)10-14-8-2-5-12-6-3-9-16-12/h2-3,5-6,9,11,13-15H,1,4,7-8,10H2/b5-2+. The first-order valence-corrected chi connectivity index (χ1v) is 5.95. The van der Waals surface area contributed by atoms with Gasteiger partial charge in [0, 0.05) is 13.1 Å². The minimum Gasteiger partial charge on any atom is -0.465 e. The van der Waals surface area contributed by atoms with Crippen LogP contribution in [0.15, 0.2) is 28.9 Å². The molecule has 16 heavy (non-hydrogen) atoms. The average molecular weight is 221 g/mol. The van der Waals surface area contributed by atoms with Crippen molar-refractivity contribution in [2.24, 2.45) is 5.92 Å². The predicted molar refractivity (Wildman–Crippen MR) is 64.0 cm³/mol. The second-order valence-electron chi connectivity index (χ2n) is 4.33. The molecule has 88 valence electrons. The van der Waals surface area contributed by atoms with Crippen LogP contribution in [-0.2, 0) is 0 Å². The van der Waals surface area contributed by atoms with Crippen LogP contribution in [0.25, 0.3) is 6.08 Å². The van der Waals surface area contributed by atoms with Gasteiger partial charge in [-0.3, -0.25) is 0 Å². The maximum Gasteiger partial charge on any atom is 0.126 e. The Kier molecular flexibility index (Phi) is 4.19. The summed E-state index contributed by atoms with van der Waals surface area (Å²) in [5.74, 6) is 1.32. The molecule has 1 aliphatic rings. The van der Waals surface area contributed by atoms with E-state index in [0.717, 1.165) is 38.1 Å². The molecule has 1 aromatic rings. The second kappa shape index (κ2) is 5.87. The number of nitrogens with one attached hydrogen (secondary N) is 1. The molecule has 2 unspecified atom stereocenters. The first-order valence-electron chi connectivity index (χ1n) is 5.95. The number of hydrogen-bond acceptors (Lipinski definition) is 3. The first-order chi connectivity index (χ1) is 7.86. The molecule has 0 radical (unpaired) electrons. The Bertz CT molecular complexity index is 319. The molecule has 3 heteroatoms. The molecule has 0 aliphatic heterocycles.